The van der Waals surface area contributed by atoms with E-state index in [0.717, 1.165) is 29.3 Å². The second-order valence-electron chi connectivity index (χ2n) is 7.82. The molecule has 0 aliphatic heterocycles. The highest BCUT2D eigenvalue weighted by atomic mass is 19.1. The fraction of sp³-hybridized carbons (Fsp3) is 0.192. The van der Waals surface area contributed by atoms with Crippen molar-refractivity contribution in [2.45, 2.75) is 26.3 Å². The third-order valence-electron chi connectivity index (χ3n) is 5.38. The molecule has 0 aliphatic carbocycles. The molecule has 33 heavy (non-hydrogen) atoms. The fourth-order valence-electron chi connectivity index (χ4n) is 3.53. The lowest BCUT2D eigenvalue weighted by molar-refractivity contribution is 0.0949. The number of benzene rings is 2. The molecule has 0 aliphatic rings. The van der Waals surface area contributed by atoms with Gasteiger partial charge in [-0.2, -0.15) is 0 Å². The number of nitrogens with two attached hydrogens (primary N) is 1. The minimum Gasteiger partial charge on any atom is -0.396 e. The number of hydrogen-bond donors (Lipinski definition) is 3. The van der Waals surface area contributed by atoms with E-state index in [2.05, 4.69) is 26.7 Å². The number of nitrogen functional groups attached to an aromatic ring is 1. The predicted octanol–water partition coefficient (Wildman–Crippen LogP) is 5.16. The molecule has 0 saturated heterocycles. The van der Waals surface area contributed by atoms with Crippen LogP contribution in [0.15, 0.2) is 66.9 Å². The Morgan fingerprint density at radius 3 is 2.79 bits per heavy atom. The number of aromatic nitrogens is 2. The minimum absolute atomic E-state index is 0.0226. The summed E-state index contributed by atoms with van der Waals surface area (Å²) in [5.74, 6) is -0.481. The number of halogens is 1. The number of anilines is 2. The lowest BCUT2D eigenvalue weighted by atomic mass is 10.1. The Morgan fingerprint density at radius 1 is 1.09 bits per heavy atom. The SMILES string of the molecule is CCCCNC(=O)c1ccc(-c2ccc(N)c(NCc3ccc4ncccc4c3)n2)cc1F. The van der Waals surface area contributed by atoms with Crippen LogP contribution in [0.4, 0.5) is 15.9 Å². The van der Waals surface area contributed by atoms with E-state index in [-0.39, 0.29) is 5.56 Å². The van der Waals surface area contributed by atoms with E-state index < -0.39 is 11.7 Å². The van der Waals surface area contributed by atoms with E-state index in [0.29, 0.717) is 35.9 Å². The Balaban J connectivity index is 1.50. The number of hydrogen-bond acceptors (Lipinski definition) is 5. The molecule has 0 bridgehead atoms. The number of rotatable bonds is 8. The Labute approximate surface area is 192 Å². The molecule has 2 aromatic heterocycles. The number of carbonyl (C=O) groups excluding carboxylic acids is 1. The summed E-state index contributed by atoms with van der Waals surface area (Å²) < 4.78 is 14.6. The van der Waals surface area contributed by atoms with Crippen LogP contribution in [0.1, 0.15) is 35.7 Å². The average molecular weight is 444 g/mol. The largest absolute Gasteiger partial charge is 0.396 e. The van der Waals surface area contributed by atoms with Crippen LogP contribution < -0.4 is 16.4 Å². The monoisotopic (exact) mass is 443 g/mol. The standard InChI is InChI=1S/C26H26FN5O/c1-2-3-12-30-26(33)20-8-7-19(15-21(20)27)24-11-9-22(28)25(32-24)31-16-17-6-10-23-18(14-17)5-4-13-29-23/h4-11,13-15H,2-3,12,16,28H2,1H3,(H,30,33)(H,31,32). The third-order valence-corrected chi connectivity index (χ3v) is 5.38. The van der Waals surface area contributed by atoms with Gasteiger partial charge < -0.3 is 16.4 Å². The van der Waals surface area contributed by atoms with Crippen molar-refractivity contribution in [3.05, 3.63) is 83.8 Å². The summed E-state index contributed by atoms with van der Waals surface area (Å²) in [6.45, 7) is 3.08. The van der Waals surface area contributed by atoms with Crippen molar-refractivity contribution in [3.8, 4) is 11.3 Å². The summed E-state index contributed by atoms with van der Waals surface area (Å²) in [6, 6.07) is 17.9. The number of unbranched alkanes of at least 4 members (excludes halogenated alkanes) is 1. The van der Waals surface area contributed by atoms with Gasteiger partial charge in [0.15, 0.2) is 0 Å². The van der Waals surface area contributed by atoms with Crippen molar-refractivity contribution < 1.29 is 9.18 Å². The number of carbonyl (C=O) groups is 1. The van der Waals surface area contributed by atoms with Gasteiger partial charge in [-0.05, 0) is 54.4 Å². The van der Waals surface area contributed by atoms with Gasteiger partial charge in [0.25, 0.3) is 5.91 Å². The Bertz CT molecular complexity index is 1290. The molecule has 0 saturated carbocycles. The van der Waals surface area contributed by atoms with E-state index in [4.69, 9.17) is 5.73 Å². The zero-order chi connectivity index (χ0) is 23.2. The average Bonchev–Trinajstić information content (AvgIpc) is 2.83. The van der Waals surface area contributed by atoms with Gasteiger partial charge in [-0.1, -0.05) is 31.5 Å². The van der Waals surface area contributed by atoms with E-state index >= 15 is 0 Å². The number of nitrogens with one attached hydrogen (secondary N) is 2. The second kappa shape index (κ2) is 10.1. The summed E-state index contributed by atoms with van der Waals surface area (Å²) in [5.41, 5.74) is 9.75. The molecule has 1 amide bonds. The van der Waals surface area contributed by atoms with Crippen LogP contribution in [0.25, 0.3) is 22.2 Å². The molecule has 6 nitrogen and oxygen atoms in total. The molecule has 4 N–H and O–H groups in total. The second-order valence-corrected chi connectivity index (χ2v) is 7.82. The normalized spacial score (nSPS) is 10.8. The molecular weight excluding hydrogens is 417 g/mol. The maximum atomic E-state index is 14.6. The van der Waals surface area contributed by atoms with Crippen LogP contribution in [0.5, 0.6) is 0 Å². The van der Waals surface area contributed by atoms with Gasteiger partial charge in [0, 0.05) is 30.2 Å². The molecule has 4 rings (SSSR count). The molecular formula is C26H26FN5O. The molecule has 0 atom stereocenters. The van der Waals surface area contributed by atoms with E-state index in [1.165, 1.54) is 12.1 Å². The maximum absolute atomic E-state index is 14.6. The molecule has 7 heteroatoms. The molecule has 168 valence electrons. The highest BCUT2D eigenvalue weighted by Gasteiger charge is 2.13. The Hall–Kier alpha value is -4.00. The van der Waals surface area contributed by atoms with Crippen molar-refractivity contribution in [1.29, 1.82) is 0 Å². The van der Waals surface area contributed by atoms with Gasteiger partial charge >= 0.3 is 0 Å². The van der Waals surface area contributed by atoms with Crippen LogP contribution in [-0.4, -0.2) is 22.4 Å². The van der Waals surface area contributed by atoms with Crippen LogP contribution in [0.3, 0.4) is 0 Å². The topological polar surface area (TPSA) is 92.9 Å². The first-order valence-corrected chi connectivity index (χ1v) is 11.0. The van der Waals surface area contributed by atoms with Gasteiger partial charge in [0.2, 0.25) is 0 Å². The van der Waals surface area contributed by atoms with E-state index in [1.54, 1.807) is 24.4 Å². The molecule has 0 unspecified atom stereocenters. The summed E-state index contributed by atoms with van der Waals surface area (Å²) in [4.78, 5) is 21.1. The summed E-state index contributed by atoms with van der Waals surface area (Å²) in [5, 5.41) is 7.05. The number of fused-ring (bicyclic) bond motifs is 1. The first kappa shape index (κ1) is 22.2. The van der Waals surface area contributed by atoms with Gasteiger partial charge in [-0.25, -0.2) is 9.37 Å². The maximum Gasteiger partial charge on any atom is 0.254 e. The van der Waals surface area contributed by atoms with E-state index in [1.807, 2.05) is 31.2 Å². The molecule has 0 spiro atoms. The Kier molecular flexibility index (Phi) is 6.78. The van der Waals surface area contributed by atoms with Crippen molar-refractivity contribution >= 4 is 28.3 Å². The highest BCUT2D eigenvalue weighted by molar-refractivity contribution is 5.95. The number of pyridine rings is 2. The van der Waals surface area contributed by atoms with Crippen molar-refractivity contribution in [2.75, 3.05) is 17.6 Å². The zero-order valence-corrected chi connectivity index (χ0v) is 18.4. The summed E-state index contributed by atoms with van der Waals surface area (Å²) in [6.07, 6.45) is 3.58. The molecule has 4 aromatic rings. The minimum atomic E-state index is -0.584. The van der Waals surface area contributed by atoms with Crippen molar-refractivity contribution in [2.24, 2.45) is 0 Å². The van der Waals surface area contributed by atoms with Gasteiger partial charge in [-0.3, -0.25) is 9.78 Å². The van der Waals surface area contributed by atoms with Gasteiger partial charge in [-0.15, -0.1) is 0 Å². The van der Waals surface area contributed by atoms with Crippen molar-refractivity contribution in [3.63, 3.8) is 0 Å². The van der Waals surface area contributed by atoms with Gasteiger partial charge in [0.05, 0.1) is 22.5 Å². The quantitative estimate of drug-likeness (QED) is 0.327. The summed E-state index contributed by atoms with van der Waals surface area (Å²) >= 11 is 0. The third kappa shape index (κ3) is 5.26. The molecule has 2 aromatic carbocycles. The Morgan fingerprint density at radius 2 is 1.97 bits per heavy atom. The molecule has 2 heterocycles. The summed E-state index contributed by atoms with van der Waals surface area (Å²) in [7, 11) is 0. The number of amides is 1. The van der Waals surface area contributed by atoms with Gasteiger partial charge in [0.1, 0.15) is 11.6 Å². The highest BCUT2D eigenvalue weighted by Crippen LogP contribution is 2.25. The van der Waals surface area contributed by atoms with Crippen LogP contribution in [0.2, 0.25) is 0 Å². The first-order chi connectivity index (χ1) is 16.0. The zero-order valence-electron chi connectivity index (χ0n) is 18.4. The lowest BCUT2D eigenvalue weighted by Gasteiger charge is -2.12. The van der Waals surface area contributed by atoms with Crippen LogP contribution >= 0.6 is 0 Å². The smallest absolute Gasteiger partial charge is 0.254 e. The predicted molar refractivity (Wildman–Crippen MR) is 130 cm³/mol. The lowest BCUT2D eigenvalue weighted by Crippen LogP contribution is -2.25. The molecule has 0 fully saturated rings. The first-order valence-electron chi connectivity index (χ1n) is 11.0. The van der Waals surface area contributed by atoms with Crippen molar-refractivity contribution in [1.82, 2.24) is 15.3 Å². The van der Waals surface area contributed by atoms with Crippen LogP contribution in [0, 0.1) is 5.82 Å². The number of nitrogens with zero attached hydrogens (tertiary/aromatic N) is 2. The fourth-order valence-corrected chi connectivity index (χ4v) is 3.53. The van der Waals surface area contributed by atoms with E-state index in [9.17, 15) is 9.18 Å². The van der Waals surface area contributed by atoms with Crippen LogP contribution in [-0.2, 0) is 6.54 Å². The molecule has 0 radical (unpaired) electrons.